The minimum atomic E-state index is -3.32. The van der Waals surface area contributed by atoms with Gasteiger partial charge in [-0.25, -0.2) is 8.42 Å². The Labute approximate surface area is 105 Å². The molecular formula is C11H16BrNO2S. The summed E-state index contributed by atoms with van der Waals surface area (Å²) in [5.41, 5.74) is 5.44. The first-order valence-electron chi connectivity index (χ1n) is 5.01. The molecule has 0 radical (unpaired) electrons. The SMILES string of the molecule is CC(C)(CCN)S(=O)(=O)c1ccc(Br)cc1. The van der Waals surface area contributed by atoms with Crippen LogP contribution in [0.5, 0.6) is 0 Å². The van der Waals surface area contributed by atoms with Crippen molar-refractivity contribution in [2.24, 2.45) is 5.73 Å². The van der Waals surface area contributed by atoms with Gasteiger partial charge in [0.25, 0.3) is 0 Å². The Morgan fingerprint density at radius 1 is 1.25 bits per heavy atom. The fourth-order valence-corrected chi connectivity index (χ4v) is 3.20. The zero-order valence-electron chi connectivity index (χ0n) is 9.40. The van der Waals surface area contributed by atoms with Gasteiger partial charge in [-0.3, -0.25) is 0 Å². The summed E-state index contributed by atoms with van der Waals surface area (Å²) in [4.78, 5) is 0.342. The highest BCUT2D eigenvalue weighted by atomic mass is 79.9. The van der Waals surface area contributed by atoms with Gasteiger partial charge in [0, 0.05) is 4.47 Å². The van der Waals surface area contributed by atoms with E-state index < -0.39 is 14.6 Å². The van der Waals surface area contributed by atoms with Crippen molar-refractivity contribution < 1.29 is 8.42 Å². The van der Waals surface area contributed by atoms with Crippen LogP contribution in [0, 0.1) is 0 Å². The minimum absolute atomic E-state index is 0.342. The molecule has 3 nitrogen and oxygen atoms in total. The highest BCUT2D eigenvalue weighted by Gasteiger charge is 2.34. The van der Waals surface area contributed by atoms with Gasteiger partial charge in [0.15, 0.2) is 9.84 Å². The van der Waals surface area contributed by atoms with Crippen LogP contribution < -0.4 is 5.73 Å². The number of sulfone groups is 1. The van der Waals surface area contributed by atoms with Gasteiger partial charge in [0.2, 0.25) is 0 Å². The summed E-state index contributed by atoms with van der Waals surface area (Å²) >= 11 is 3.28. The number of hydrogen-bond acceptors (Lipinski definition) is 3. The highest BCUT2D eigenvalue weighted by Crippen LogP contribution is 2.28. The first-order valence-corrected chi connectivity index (χ1v) is 7.29. The van der Waals surface area contributed by atoms with Crippen molar-refractivity contribution in [1.82, 2.24) is 0 Å². The van der Waals surface area contributed by atoms with Gasteiger partial charge < -0.3 is 5.73 Å². The molecule has 2 N–H and O–H groups in total. The summed E-state index contributed by atoms with van der Waals surface area (Å²) < 4.78 is 24.6. The molecule has 0 saturated heterocycles. The molecule has 0 saturated carbocycles. The van der Waals surface area contributed by atoms with Crippen molar-refractivity contribution in [2.45, 2.75) is 29.9 Å². The normalized spacial score (nSPS) is 12.8. The second-order valence-corrected chi connectivity index (χ2v) is 7.75. The van der Waals surface area contributed by atoms with Gasteiger partial charge in [-0.2, -0.15) is 0 Å². The molecule has 1 rings (SSSR count). The number of hydrogen-bond donors (Lipinski definition) is 1. The average molecular weight is 306 g/mol. The van der Waals surface area contributed by atoms with Gasteiger partial charge >= 0.3 is 0 Å². The number of benzene rings is 1. The molecule has 0 atom stereocenters. The Bertz CT molecular complexity index is 451. The van der Waals surface area contributed by atoms with Crippen LogP contribution in [0.15, 0.2) is 33.6 Å². The molecule has 1 aromatic rings. The Morgan fingerprint density at radius 3 is 2.19 bits per heavy atom. The smallest absolute Gasteiger partial charge is 0.183 e. The van der Waals surface area contributed by atoms with E-state index in [1.165, 1.54) is 0 Å². The van der Waals surface area contributed by atoms with Crippen molar-refractivity contribution in [3.8, 4) is 0 Å². The van der Waals surface area contributed by atoms with Crippen molar-refractivity contribution in [3.63, 3.8) is 0 Å². The maximum absolute atomic E-state index is 12.3. The molecule has 0 heterocycles. The lowest BCUT2D eigenvalue weighted by Crippen LogP contribution is -2.34. The molecule has 16 heavy (non-hydrogen) atoms. The van der Waals surface area contributed by atoms with E-state index in [0.29, 0.717) is 17.9 Å². The predicted octanol–water partition coefficient (Wildman–Crippen LogP) is 2.35. The lowest BCUT2D eigenvalue weighted by molar-refractivity contribution is 0.530. The van der Waals surface area contributed by atoms with Crippen LogP contribution in [0.1, 0.15) is 20.3 Å². The standard InChI is InChI=1S/C11H16BrNO2S/c1-11(2,7-8-13)16(14,15)10-5-3-9(12)4-6-10/h3-6H,7-8,13H2,1-2H3. The van der Waals surface area contributed by atoms with Gasteiger partial charge in [0.1, 0.15) is 0 Å². The van der Waals surface area contributed by atoms with E-state index in [2.05, 4.69) is 15.9 Å². The summed E-state index contributed by atoms with van der Waals surface area (Å²) in [7, 11) is -3.32. The van der Waals surface area contributed by atoms with Crippen LogP contribution in [0.4, 0.5) is 0 Å². The maximum Gasteiger partial charge on any atom is 0.183 e. The first-order chi connectivity index (χ1) is 7.31. The zero-order chi connectivity index (χ0) is 12.4. The molecule has 0 aliphatic rings. The topological polar surface area (TPSA) is 60.2 Å². The van der Waals surface area contributed by atoms with Crippen molar-refractivity contribution in [1.29, 1.82) is 0 Å². The van der Waals surface area contributed by atoms with E-state index in [1.807, 2.05) is 0 Å². The predicted molar refractivity (Wildman–Crippen MR) is 69.1 cm³/mol. The van der Waals surface area contributed by atoms with Crippen LogP contribution in [0.3, 0.4) is 0 Å². The minimum Gasteiger partial charge on any atom is -0.330 e. The molecule has 0 aliphatic heterocycles. The maximum atomic E-state index is 12.3. The fourth-order valence-electron chi connectivity index (χ4n) is 1.41. The van der Waals surface area contributed by atoms with E-state index >= 15 is 0 Å². The molecule has 0 aliphatic carbocycles. The Hall–Kier alpha value is -0.390. The van der Waals surface area contributed by atoms with E-state index in [4.69, 9.17) is 5.73 Å². The Balaban J connectivity index is 3.16. The number of nitrogens with two attached hydrogens (primary N) is 1. The van der Waals surface area contributed by atoms with Crippen LogP contribution >= 0.6 is 15.9 Å². The van der Waals surface area contributed by atoms with Crippen LogP contribution in [-0.4, -0.2) is 19.7 Å². The molecule has 0 aromatic heterocycles. The first kappa shape index (κ1) is 13.7. The number of halogens is 1. The average Bonchev–Trinajstić information content (AvgIpc) is 2.18. The van der Waals surface area contributed by atoms with Gasteiger partial charge in [-0.05, 0) is 51.1 Å². The largest absolute Gasteiger partial charge is 0.330 e. The van der Waals surface area contributed by atoms with E-state index in [-0.39, 0.29) is 0 Å². The third-order valence-corrected chi connectivity index (χ3v) is 5.68. The van der Waals surface area contributed by atoms with Gasteiger partial charge in [-0.15, -0.1) is 0 Å². The molecule has 1 aromatic carbocycles. The van der Waals surface area contributed by atoms with Crippen molar-refractivity contribution in [2.75, 3.05) is 6.54 Å². The molecule has 0 amide bonds. The summed E-state index contributed by atoms with van der Waals surface area (Å²) in [6.45, 7) is 3.78. The Kier molecular flexibility index (Phi) is 4.15. The molecule has 0 unspecified atom stereocenters. The molecule has 0 bridgehead atoms. The van der Waals surface area contributed by atoms with Crippen LogP contribution in [0.2, 0.25) is 0 Å². The van der Waals surface area contributed by atoms with Crippen LogP contribution in [0.25, 0.3) is 0 Å². The van der Waals surface area contributed by atoms with Crippen molar-refractivity contribution in [3.05, 3.63) is 28.7 Å². The summed E-state index contributed by atoms with van der Waals surface area (Å²) in [6, 6.07) is 6.67. The highest BCUT2D eigenvalue weighted by molar-refractivity contribution is 9.10. The fraction of sp³-hybridized carbons (Fsp3) is 0.455. The molecule has 0 spiro atoms. The van der Waals surface area contributed by atoms with Crippen LogP contribution in [-0.2, 0) is 9.84 Å². The third-order valence-electron chi connectivity index (χ3n) is 2.60. The molecule has 90 valence electrons. The summed E-state index contributed by atoms with van der Waals surface area (Å²) in [6.07, 6.45) is 0.450. The third kappa shape index (κ3) is 2.64. The van der Waals surface area contributed by atoms with Gasteiger partial charge in [0.05, 0.1) is 9.64 Å². The summed E-state index contributed by atoms with van der Waals surface area (Å²) in [5.74, 6) is 0. The second-order valence-electron chi connectivity index (χ2n) is 4.26. The van der Waals surface area contributed by atoms with E-state index in [9.17, 15) is 8.42 Å². The zero-order valence-corrected chi connectivity index (χ0v) is 11.8. The molecular weight excluding hydrogens is 290 g/mol. The molecule has 5 heteroatoms. The summed E-state index contributed by atoms with van der Waals surface area (Å²) in [5, 5.41) is 0. The lowest BCUT2D eigenvalue weighted by Gasteiger charge is -2.24. The Morgan fingerprint density at radius 2 is 1.75 bits per heavy atom. The van der Waals surface area contributed by atoms with Crippen molar-refractivity contribution >= 4 is 25.8 Å². The van der Waals surface area contributed by atoms with E-state index in [0.717, 1.165) is 4.47 Å². The monoisotopic (exact) mass is 305 g/mol. The molecule has 0 fully saturated rings. The quantitative estimate of drug-likeness (QED) is 0.929. The van der Waals surface area contributed by atoms with Gasteiger partial charge in [-0.1, -0.05) is 15.9 Å². The lowest BCUT2D eigenvalue weighted by atomic mass is 10.1. The number of rotatable bonds is 4. The van der Waals surface area contributed by atoms with E-state index in [1.54, 1.807) is 38.1 Å². The second kappa shape index (κ2) is 4.85.